The molecule has 7 nitrogen and oxygen atoms in total. The smallest absolute Gasteiger partial charge is 0.246 e. The molecule has 0 unspecified atom stereocenters. The van der Waals surface area contributed by atoms with Crippen LogP contribution in [0.3, 0.4) is 0 Å². The van der Waals surface area contributed by atoms with Crippen LogP contribution in [0.15, 0.2) is 0 Å². The molecule has 1 atom stereocenters. The lowest BCUT2D eigenvalue weighted by atomic mass is 10.3. The van der Waals surface area contributed by atoms with Crippen LogP contribution in [-0.4, -0.2) is 62.9 Å². The van der Waals surface area contributed by atoms with Crippen molar-refractivity contribution in [3.63, 3.8) is 0 Å². The molecule has 18 heavy (non-hydrogen) atoms. The fourth-order valence-electron chi connectivity index (χ4n) is 2.01. The lowest BCUT2D eigenvalue weighted by Crippen LogP contribution is -2.20. The van der Waals surface area contributed by atoms with E-state index in [2.05, 4.69) is 10.1 Å². The van der Waals surface area contributed by atoms with Gasteiger partial charge in [-0.3, -0.25) is 0 Å². The topological polar surface area (TPSA) is 71.3 Å². The van der Waals surface area contributed by atoms with Gasteiger partial charge in [-0.25, -0.2) is 13.1 Å². The first-order valence-corrected chi connectivity index (χ1v) is 7.64. The second kappa shape index (κ2) is 4.42. The van der Waals surface area contributed by atoms with E-state index < -0.39 is 9.84 Å². The van der Waals surface area contributed by atoms with E-state index in [0.29, 0.717) is 18.3 Å². The number of sulfone groups is 1. The number of rotatable bonds is 3. The zero-order valence-corrected chi connectivity index (χ0v) is 12.0. The number of hydrogen-bond acceptors (Lipinski definition) is 6. The van der Waals surface area contributed by atoms with Gasteiger partial charge in [0.15, 0.2) is 9.84 Å². The molecule has 2 heterocycles. The van der Waals surface area contributed by atoms with Crippen LogP contribution in [-0.2, 0) is 9.84 Å². The standard InChI is InChI=1S/C10H19N5O2S/c1-13(2)9-11-10(14(3)4)15(12-9)8-5-6-18(16,17)7-8/h8H,5-7H2,1-4H3/t8-/m1/s1. The number of anilines is 2. The molecule has 0 saturated carbocycles. The summed E-state index contributed by atoms with van der Waals surface area (Å²) in [4.78, 5) is 8.08. The van der Waals surface area contributed by atoms with Gasteiger partial charge in [0.25, 0.3) is 0 Å². The van der Waals surface area contributed by atoms with E-state index in [1.807, 2.05) is 38.0 Å². The monoisotopic (exact) mass is 273 g/mol. The van der Waals surface area contributed by atoms with Crippen molar-refractivity contribution < 1.29 is 8.42 Å². The maximum absolute atomic E-state index is 11.6. The van der Waals surface area contributed by atoms with Crippen molar-refractivity contribution in [2.45, 2.75) is 12.5 Å². The van der Waals surface area contributed by atoms with Crippen molar-refractivity contribution in [2.75, 3.05) is 49.5 Å². The summed E-state index contributed by atoms with van der Waals surface area (Å²) in [5, 5.41) is 4.40. The summed E-state index contributed by atoms with van der Waals surface area (Å²) in [5.74, 6) is 1.69. The SMILES string of the molecule is CN(C)c1nc(N(C)C)n([C@@H]2CCS(=O)(=O)C2)n1. The third kappa shape index (κ3) is 2.43. The fraction of sp³-hybridized carbons (Fsp3) is 0.800. The normalized spacial score (nSPS) is 22.1. The van der Waals surface area contributed by atoms with E-state index in [1.165, 1.54) is 0 Å². The molecule has 0 amide bonds. The molecule has 2 rings (SSSR count). The van der Waals surface area contributed by atoms with Crippen molar-refractivity contribution in [1.29, 1.82) is 0 Å². The predicted octanol–water partition coefficient (Wildman–Crippen LogP) is -0.230. The molecular weight excluding hydrogens is 254 g/mol. The summed E-state index contributed by atoms with van der Waals surface area (Å²) in [7, 11) is 4.57. The lowest BCUT2D eigenvalue weighted by molar-refractivity contribution is 0.499. The van der Waals surface area contributed by atoms with Gasteiger partial charge in [-0.15, -0.1) is 5.10 Å². The molecule has 0 N–H and O–H groups in total. The second-order valence-corrected chi connectivity index (χ2v) is 7.23. The Balaban J connectivity index is 2.37. The first-order valence-electron chi connectivity index (χ1n) is 5.82. The summed E-state index contributed by atoms with van der Waals surface area (Å²) in [6.45, 7) is 0. The van der Waals surface area contributed by atoms with E-state index in [0.717, 1.165) is 0 Å². The van der Waals surface area contributed by atoms with Crippen LogP contribution in [0, 0.1) is 0 Å². The fourth-order valence-corrected chi connectivity index (χ4v) is 3.70. The van der Waals surface area contributed by atoms with Gasteiger partial charge in [0.2, 0.25) is 11.9 Å². The molecule has 0 aromatic carbocycles. The molecule has 8 heteroatoms. The molecule has 1 aromatic rings. The van der Waals surface area contributed by atoms with Gasteiger partial charge in [-0.1, -0.05) is 0 Å². The lowest BCUT2D eigenvalue weighted by Gasteiger charge is -2.16. The van der Waals surface area contributed by atoms with Crippen LogP contribution in [0.4, 0.5) is 11.9 Å². The molecule has 1 fully saturated rings. The quantitative estimate of drug-likeness (QED) is 0.757. The molecule has 0 bridgehead atoms. The highest BCUT2D eigenvalue weighted by atomic mass is 32.2. The molecule has 1 aromatic heterocycles. The highest BCUT2D eigenvalue weighted by molar-refractivity contribution is 7.91. The van der Waals surface area contributed by atoms with Gasteiger partial charge in [-0.05, 0) is 6.42 Å². The van der Waals surface area contributed by atoms with Crippen molar-refractivity contribution in [2.24, 2.45) is 0 Å². The van der Waals surface area contributed by atoms with Gasteiger partial charge in [0.05, 0.1) is 17.5 Å². The Morgan fingerprint density at radius 1 is 1.22 bits per heavy atom. The molecule has 1 saturated heterocycles. The minimum absolute atomic E-state index is 0.103. The first-order chi connectivity index (χ1) is 8.30. The van der Waals surface area contributed by atoms with Crippen LogP contribution in [0.25, 0.3) is 0 Å². The first kappa shape index (κ1) is 13.1. The second-order valence-electron chi connectivity index (χ2n) is 5.00. The molecule has 0 aliphatic carbocycles. The Morgan fingerprint density at radius 2 is 1.89 bits per heavy atom. The van der Waals surface area contributed by atoms with E-state index in [-0.39, 0.29) is 17.5 Å². The van der Waals surface area contributed by atoms with E-state index >= 15 is 0 Å². The van der Waals surface area contributed by atoms with Crippen molar-refractivity contribution in [1.82, 2.24) is 14.8 Å². The summed E-state index contributed by atoms with van der Waals surface area (Å²) < 4.78 is 24.8. The maximum atomic E-state index is 11.6. The van der Waals surface area contributed by atoms with Gasteiger partial charge >= 0.3 is 0 Å². The number of nitrogens with zero attached hydrogens (tertiary/aromatic N) is 5. The Morgan fingerprint density at radius 3 is 2.33 bits per heavy atom. The minimum Gasteiger partial charge on any atom is -0.347 e. The van der Waals surface area contributed by atoms with E-state index in [4.69, 9.17) is 0 Å². The summed E-state index contributed by atoms with van der Waals surface area (Å²) in [6, 6.07) is -0.103. The Bertz CT molecular complexity index is 534. The van der Waals surface area contributed by atoms with E-state index in [1.54, 1.807) is 4.68 Å². The largest absolute Gasteiger partial charge is 0.347 e. The zero-order chi connectivity index (χ0) is 13.5. The van der Waals surface area contributed by atoms with Crippen LogP contribution in [0.2, 0.25) is 0 Å². The van der Waals surface area contributed by atoms with Crippen molar-refractivity contribution in [3.8, 4) is 0 Å². The Labute approximate surface area is 107 Å². The van der Waals surface area contributed by atoms with Gasteiger partial charge in [0, 0.05) is 28.2 Å². The number of hydrogen-bond donors (Lipinski definition) is 0. The van der Waals surface area contributed by atoms with Gasteiger partial charge in [-0.2, -0.15) is 4.98 Å². The average molecular weight is 273 g/mol. The molecule has 0 spiro atoms. The summed E-state index contributed by atoms with van der Waals surface area (Å²) in [6.07, 6.45) is 0.611. The molecule has 1 aliphatic rings. The number of aromatic nitrogens is 3. The van der Waals surface area contributed by atoms with Crippen LogP contribution in [0.5, 0.6) is 0 Å². The highest BCUT2D eigenvalue weighted by Crippen LogP contribution is 2.27. The van der Waals surface area contributed by atoms with Crippen molar-refractivity contribution >= 4 is 21.7 Å². The predicted molar refractivity (Wildman–Crippen MR) is 71.0 cm³/mol. The third-order valence-corrected chi connectivity index (χ3v) is 4.71. The van der Waals surface area contributed by atoms with Crippen LogP contribution in [0.1, 0.15) is 12.5 Å². The Hall–Kier alpha value is -1.31. The van der Waals surface area contributed by atoms with Crippen molar-refractivity contribution in [3.05, 3.63) is 0 Å². The van der Waals surface area contributed by atoms with Gasteiger partial charge in [0.1, 0.15) is 0 Å². The highest BCUT2D eigenvalue weighted by Gasteiger charge is 2.32. The van der Waals surface area contributed by atoms with E-state index in [9.17, 15) is 8.42 Å². The molecule has 102 valence electrons. The van der Waals surface area contributed by atoms with Gasteiger partial charge < -0.3 is 9.80 Å². The minimum atomic E-state index is -2.92. The molecule has 0 radical (unpaired) electrons. The Kier molecular flexibility index (Phi) is 3.22. The summed E-state index contributed by atoms with van der Waals surface area (Å²) >= 11 is 0. The molecule has 1 aliphatic heterocycles. The summed E-state index contributed by atoms with van der Waals surface area (Å²) in [5.41, 5.74) is 0. The van der Waals surface area contributed by atoms with Crippen LogP contribution >= 0.6 is 0 Å². The zero-order valence-electron chi connectivity index (χ0n) is 11.2. The maximum Gasteiger partial charge on any atom is 0.246 e. The van der Waals surface area contributed by atoms with Crippen LogP contribution < -0.4 is 9.80 Å². The average Bonchev–Trinajstić information content (AvgIpc) is 2.80. The molecular formula is C10H19N5O2S. The third-order valence-electron chi connectivity index (χ3n) is 2.96.